The molecule has 6 nitrogen and oxygen atoms in total. The number of carboxylic acids is 1. The maximum Gasteiger partial charge on any atom is 0.309 e. The molecule has 1 aromatic carbocycles. The van der Waals surface area contributed by atoms with Gasteiger partial charge in [0.25, 0.3) is 0 Å². The van der Waals surface area contributed by atoms with Crippen molar-refractivity contribution in [3.8, 4) is 0 Å². The average molecular weight is 524 g/mol. The highest BCUT2D eigenvalue weighted by Crippen LogP contribution is 2.57. The average Bonchev–Trinajstić information content (AvgIpc) is 3.71. The Kier molecular flexibility index (Phi) is 5.67. The van der Waals surface area contributed by atoms with Crippen LogP contribution in [0.15, 0.2) is 11.2 Å². The fourth-order valence-corrected chi connectivity index (χ4v) is 7.53. The van der Waals surface area contributed by atoms with Crippen LogP contribution in [0, 0.1) is 23.1 Å². The fraction of sp³-hybridized carbons (Fsp3) is 0.742. The maximum atomic E-state index is 16.3. The van der Waals surface area contributed by atoms with Crippen LogP contribution in [0.2, 0.25) is 0 Å². The summed E-state index contributed by atoms with van der Waals surface area (Å²) in [5.74, 6) is 3.00. The molecule has 7 rings (SSSR count). The normalized spacial score (nSPS) is 29.8. The summed E-state index contributed by atoms with van der Waals surface area (Å²) in [6, 6.07) is 2.41. The Bertz CT molecular complexity index is 1170. The molecule has 2 saturated heterocycles. The number of amidine groups is 1. The second-order valence-electron chi connectivity index (χ2n) is 14.0. The largest absolute Gasteiger partial charge is 0.481 e. The SMILES string of the molecule is CC(C)C1CC1c1c(CN2CC3(CC(N4CCC(C)(C(=O)O)CC4)=NO3)C2)cc(C2CC2)c(C2CC2)c1F. The van der Waals surface area contributed by atoms with Crippen LogP contribution in [0.5, 0.6) is 0 Å². The molecule has 0 amide bonds. The molecule has 1 N–H and O–H groups in total. The minimum atomic E-state index is -0.704. The molecule has 5 fully saturated rings. The van der Waals surface area contributed by atoms with Gasteiger partial charge in [-0.05, 0) is 104 Å². The van der Waals surface area contributed by atoms with Gasteiger partial charge in [0.2, 0.25) is 0 Å². The Labute approximate surface area is 225 Å². The van der Waals surface area contributed by atoms with Crippen LogP contribution in [0.3, 0.4) is 0 Å². The first-order valence-corrected chi connectivity index (χ1v) is 15.0. The first-order valence-electron chi connectivity index (χ1n) is 15.0. The Morgan fingerprint density at radius 2 is 1.84 bits per heavy atom. The van der Waals surface area contributed by atoms with Crippen molar-refractivity contribution in [1.29, 1.82) is 0 Å². The van der Waals surface area contributed by atoms with Crippen LogP contribution in [0.1, 0.15) is 112 Å². The van der Waals surface area contributed by atoms with Gasteiger partial charge in [0.05, 0.1) is 11.8 Å². The summed E-state index contributed by atoms with van der Waals surface area (Å²) in [4.78, 5) is 22.2. The first-order chi connectivity index (χ1) is 18.2. The lowest BCUT2D eigenvalue weighted by Crippen LogP contribution is -2.61. The van der Waals surface area contributed by atoms with Crippen LogP contribution in [-0.2, 0) is 16.2 Å². The van der Waals surface area contributed by atoms with Gasteiger partial charge in [0, 0.05) is 32.7 Å². The number of carboxylic acid groups (broad SMARTS) is 1. The number of nitrogens with zero attached hydrogens (tertiary/aromatic N) is 3. The summed E-state index contributed by atoms with van der Waals surface area (Å²) in [6.07, 6.45) is 7.87. The van der Waals surface area contributed by atoms with E-state index >= 15 is 4.39 Å². The maximum absolute atomic E-state index is 16.3. The third-order valence-corrected chi connectivity index (χ3v) is 10.5. The number of oxime groups is 1. The van der Waals surface area contributed by atoms with E-state index in [1.807, 2.05) is 6.92 Å². The first kappa shape index (κ1) is 24.9. The van der Waals surface area contributed by atoms with E-state index in [1.165, 1.54) is 24.0 Å². The lowest BCUT2D eigenvalue weighted by atomic mass is 9.80. The number of hydrogen-bond donors (Lipinski definition) is 1. The molecule has 2 unspecified atom stereocenters. The molecule has 206 valence electrons. The van der Waals surface area contributed by atoms with E-state index in [9.17, 15) is 9.90 Å². The third kappa shape index (κ3) is 4.24. The highest BCUT2D eigenvalue weighted by Gasteiger charge is 2.52. The second kappa shape index (κ2) is 8.67. The number of rotatable bonds is 7. The predicted molar refractivity (Wildman–Crippen MR) is 144 cm³/mol. The van der Waals surface area contributed by atoms with Crippen LogP contribution in [0.4, 0.5) is 4.39 Å². The second-order valence-corrected chi connectivity index (χ2v) is 14.0. The monoisotopic (exact) mass is 523 g/mol. The summed E-state index contributed by atoms with van der Waals surface area (Å²) in [5, 5.41) is 14.0. The minimum Gasteiger partial charge on any atom is -0.481 e. The van der Waals surface area contributed by atoms with Crippen LogP contribution in [-0.4, -0.2) is 58.5 Å². The van der Waals surface area contributed by atoms with E-state index in [1.54, 1.807) is 0 Å². The smallest absolute Gasteiger partial charge is 0.309 e. The molecule has 0 bridgehead atoms. The summed E-state index contributed by atoms with van der Waals surface area (Å²) in [6.45, 7) is 10.2. The van der Waals surface area contributed by atoms with Crippen LogP contribution >= 0.6 is 0 Å². The minimum absolute atomic E-state index is 0.150. The molecule has 3 aliphatic carbocycles. The molecule has 0 radical (unpaired) electrons. The van der Waals surface area contributed by atoms with Gasteiger partial charge in [-0.3, -0.25) is 9.69 Å². The Balaban J connectivity index is 1.04. The zero-order valence-electron chi connectivity index (χ0n) is 23.1. The van der Waals surface area contributed by atoms with Crippen LogP contribution in [0.25, 0.3) is 0 Å². The van der Waals surface area contributed by atoms with Gasteiger partial charge in [0.1, 0.15) is 11.7 Å². The zero-order valence-corrected chi connectivity index (χ0v) is 23.1. The van der Waals surface area contributed by atoms with Gasteiger partial charge in [-0.15, -0.1) is 0 Å². The summed E-state index contributed by atoms with van der Waals surface area (Å²) < 4.78 is 16.3. The fourth-order valence-electron chi connectivity index (χ4n) is 7.53. The van der Waals surface area contributed by atoms with Crippen molar-refractivity contribution >= 4 is 11.8 Å². The van der Waals surface area contributed by atoms with E-state index in [0.29, 0.717) is 55.5 Å². The van der Waals surface area contributed by atoms with E-state index in [0.717, 1.165) is 62.3 Å². The molecule has 3 heterocycles. The molecule has 1 aromatic rings. The molecule has 3 aliphatic heterocycles. The molecule has 7 heteroatoms. The number of halogens is 1. The number of likely N-dealkylation sites (tertiary alicyclic amines) is 2. The van der Waals surface area contributed by atoms with E-state index < -0.39 is 11.4 Å². The lowest BCUT2D eigenvalue weighted by Gasteiger charge is -2.46. The van der Waals surface area contributed by atoms with Gasteiger partial charge < -0.3 is 14.8 Å². The van der Waals surface area contributed by atoms with Crippen molar-refractivity contribution in [3.63, 3.8) is 0 Å². The van der Waals surface area contributed by atoms with Gasteiger partial charge in [0.15, 0.2) is 5.60 Å². The van der Waals surface area contributed by atoms with Gasteiger partial charge in [-0.1, -0.05) is 25.1 Å². The van der Waals surface area contributed by atoms with Crippen LogP contribution < -0.4 is 0 Å². The Morgan fingerprint density at radius 1 is 1.16 bits per heavy atom. The number of hydrogen-bond acceptors (Lipinski definition) is 5. The third-order valence-electron chi connectivity index (χ3n) is 10.5. The van der Waals surface area contributed by atoms with Crippen molar-refractivity contribution in [2.75, 3.05) is 26.2 Å². The van der Waals surface area contributed by atoms with Crippen molar-refractivity contribution in [2.45, 2.75) is 102 Å². The quantitative estimate of drug-likeness (QED) is 0.488. The number of piperidine rings is 1. The van der Waals surface area contributed by atoms with Gasteiger partial charge in [-0.2, -0.15) is 0 Å². The van der Waals surface area contributed by atoms with E-state index in [-0.39, 0.29) is 11.4 Å². The Hall–Kier alpha value is -2.15. The molecular formula is C31H42FN3O3. The Morgan fingerprint density at radius 3 is 2.42 bits per heavy atom. The zero-order chi connectivity index (χ0) is 26.4. The molecule has 1 spiro atoms. The van der Waals surface area contributed by atoms with E-state index in [2.05, 4.69) is 34.9 Å². The molecule has 3 saturated carbocycles. The topological polar surface area (TPSA) is 65.4 Å². The van der Waals surface area contributed by atoms with E-state index in [4.69, 9.17) is 4.84 Å². The molecular weight excluding hydrogens is 481 g/mol. The molecule has 2 atom stereocenters. The molecule has 38 heavy (non-hydrogen) atoms. The van der Waals surface area contributed by atoms with Crippen molar-refractivity contribution in [2.24, 2.45) is 22.4 Å². The number of benzene rings is 1. The number of aliphatic carboxylic acids is 1. The predicted octanol–water partition coefficient (Wildman–Crippen LogP) is 5.81. The highest BCUT2D eigenvalue weighted by atomic mass is 19.1. The standard InChI is InChI=1S/C31H42FN3O3/c1-18(2)22-13-24(22)27-21(12-23(19-4-5-19)26(28(27)32)20-6-7-20)15-34-16-31(17-34)14-25(33-38-31)35-10-8-30(3,9-11-35)29(36)37/h12,18-20,22,24H,4-11,13-17H2,1-3H3,(H,36,37). The van der Waals surface area contributed by atoms with Gasteiger partial charge >= 0.3 is 5.97 Å². The summed E-state index contributed by atoms with van der Waals surface area (Å²) >= 11 is 0. The van der Waals surface area contributed by atoms with Crippen molar-refractivity contribution < 1.29 is 19.1 Å². The number of carbonyl (C=O) groups is 1. The molecule has 0 aromatic heterocycles. The summed E-state index contributed by atoms with van der Waals surface area (Å²) in [7, 11) is 0. The van der Waals surface area contributed by atoms with Crippen molar-refractivity contribution in [3.05, 3.63) is 34.1 Å². The van der Waals surface area contributed by atoms with Gasteiger partial charge in [-0.25, -0.2) is 4.39 Å². The lowest BCUT2D eigenvalue weighted by molar-refractivity contribution is -0.150. The summed E-state index contributed by atoms with van der Waals surface area (Å²) in [5.41, 5.74) is 3.74. The molecule has 6 aliphatic rings. The highest BCUT2D eigenvalue weighted by molar-refractivity contribution is 5.85. The van der Waals surface area contributed by atoms with Crippen molar-refractivity contribution in [1.82, 2.24) is 9.80 Å².